The number of aliphatic hydroxyl groups is 1. The number of carbonyl (C=O) groups excluding carboxylic acids is 1. The SMILES string of the molecule is Cc1ccc(NC(=O)Cn2c(C)cc(=O)n3nc(-c4ccc(C5COCC5O)cc4)nc23)cc1. The van der Waals surface area contributed by atoms with E-state index in [1.807, 2.05) is 55.5 Å². The standard InChI is InChI=1S/C25H25N5O4/c1-15-3-9-19(10-4-15)26-22(32)12-29-16(2)11-23(33)30-25(29)27-24(28-30)18-7-5-17(6-8-18)20-13-34-14-21(20)31/h3-11,20-21,31H,12-14H2,1-2H3,(H,26,32). The molecule has 9 nitrogen and oxygen atoms in total. The number of nitrogens with one attached hydrogen (secondary N) is 1. The van der Waals surface area contributed by atoms with E-state index >= 15 is 0 Å². The third kappa shape index (κ3) is 4.23. The van der Waals surface area contributed by atoms with Crippen LogP contribution in [0.4, 0.5) is 5.69 Å². The Morgan fingerprint density at radius 2 is 1.85 bits per heavy atom. The van der Waals surface area contributed by atoms with E-state index in [9.17, 15) is 14.7 Å². The van der Waals surface area contributed by atoms with E-state index in [0.29, 0.717) is 36.2 Å². The van der Waals surface area contributed by atoms with Crippen LogP contribution in [0.1, 0.15) is 22.7 Å². The fourth-order valence-electron chi connectivity index (χ4n) is 4.14. The minimum Gasteiger partial charge on any atom is -0.390 e. The molecule has 9 heteroatoms. The normalized spacial score (nSPS) is 17.9. The Morgan fingerprint density at radius 1 is 1.12 bits per heavy atom. The number of hydrogen-bond acceptors (Lipinski definition) is 6. The molecule has 1 saturated heterocycles. The molecule has 1 amide bonds. The molecule has 174 valence electrons. The molecule has 2 aromatic heterocycles. The van der Waals surface area contributed by atoms with Crippen molar-refractivity contribution in [3.05, 3.63) is 81.8 Å². The van der Waals surface area contributed by atoms with Crippen LogP contribution in [0.25, 0.3) is 17.2 Å². The summed E-state index contributed by atoms with van der Waals surface area (Å²) in [4.78, 5) is 29.9. The highest BCUT2D eigenvalue weighted by atomic mass is 16.5. The first-order valence-corrected chi connectivity index (χ1v) is 11.1. The second-order valence-electron chi connectivity index (χ2n) is 8.60. The first-order chi connectivity index (χ1) is 16.4. The molecule has 2 N–H and O–H groups in total. The highest BCUT2D eigenvalue weighted by Gasteiger charge is 2.27. The van der Waals surface area contributed by atoms with Crippen LogP contribution in [0, 0.1) is 13.8 Å². The van der Waals surface area contributed by atoms with Crippen LogP contribution < -0.4 is 10.9 Å². The van der Waals surface area contributed by atoms with Crippen LogP contribution in [-0.4, -0.2) is 49.5 Å². The Kier molecular flexibility index (Phi) is 5.72. The van der Waals surface area contributed by atoms with Crippen molar-refractivity contribution < 1.29 is 14.6 Å². The van der Waals surface area contributed by atoms with Crippen LogP contribution in [0.3, 0.4) is 0 Å². The van der Waals surface area contributed by atoms with Gasteiger partial charge >= 0.3 is 0 Å². The van der Waals surface area contributed by atoms with E-state index in [-0.39, 0.29) is 23.9 Å². The van der Waals surface area contributed by atoms with Gasteiger partial charge in [0.1, 0.15) is 6.54 Å². The molecular weight excluding hydrogens is 434 g/mol. The van der Waals surface area contributed by atoms with E-state index in [4.69, 9.17) is 4.74 Å². The molecule has 0 radical (unpaired) electrons. The molecule has 34 heavy (non-hydrogen) atoms. The second-order valence-corrected chi connectivity index (χ2v) is 8.60. The summed E-state index contributed by atoms with van der Waals surface area (Å²) in [5, 5.41) is 17.3. The van der Waals surface area contributed by atoms with Crippen molar-refractivity contribution in [3.63, 3.8) is 0 Å². The van der Waals surface area contributed by atoms with Crippen molar-refractivity contribution in [2.45, 2.75) is 32.4 Å². The predicted octanol–water partition coefficient (Wildman–Crippen LogP) is 2.29. The molecule has 2 atom stereocenters. The summed E-state index contributed by atoms with van der Waals surface area (Å²) in [6, 6.07) is 16.5. The summed E-state index contributed by atoms with van der Waals surface area (Å²) in [5.74, 6) is 0.379. The average molecular weight is 460 g/mol. The van der Waals surface area contributed by atoms with Gasteiger partial charge in [0.15, 0.2) is 5.82 Å². The van der Waals surface area contributed by atoms with Crippen molar-refractivity contribution in [2.75, 3.05) is 18.5 Å². The third-order valence-electron chi connectivity index (χ3n) is 6.08. The molecule has 2 aromatic carbocycles. The summed E-state index contributed by atoms with van der Waals surface area (Å²) in [6.07, 6.45) is -0.518. The van der Waals surface area contributed by atoms with E-state index in [1.54, 1.807) is 11.5 Å². The zero-order valence-corrected chi connectivity index (χ0v) is 18.9. The smallest absolute Gasteiger partial charge is 0.275 e. The van der Waals surface area contributed by atoms with Crippen LogP contribution in [-0.2, 0) is 16.1 Å². The Labute approximate surface area is 195 Å². The lowest BCUT2D eigenvalue weighted by Gasteiger charge is -2.12. The lowest BCUT2D eigenvalue weighted by atomic mass is 9.95. The Morgan fingerprint density at radius 3 is 2.53 bits per heavy atom. The lowest BCUT2D eigenvalue weighted by molar-refractivity contribution is -0.116. The second kappa shape index (κ2) is 8.85. The first kappa shape index (κ1) is 22.0. The number of aryl methyl sites for hydroxylation is 2. The minimum absolute atomic E-state index is 0.0138. The number of ether oxygens (including phenoxy) is 1. The Balaban J connectivity index is 1.44. The highest BCUT2D eigenvalue weighted by Crippen LogP contribution is 2.27. The van der Waals surface area contributed by atoms with Gasteiger partial charge in [-0.05, 0) is 31.5 Å². The molecule has 5 rings (SSSR count). The molecular formula is C25H25N5O4. The number of anilines is 1. The van der Waals surface area contributed by atoms with Gasteiger partial charge in [-0.3, -0.25) is 9.59 Å². The maximum atomic E-state index is 12.7. The molecule has 1 fully saturated rings. The molecule has 0 bridgehead atoms. The number of amides is 1. The van der Waals surface area contributed by atoms with Gasteiger partial charge in [-0.2, -0.15) is 9.50 Å². The fourth-order valence-corrected chi connectivity index (χ4v) is 4.14. The zero-order valence-electron chi connectivity index (χ0n) is 18.9. The molecule has 0 aliphatic carbocycles. The van der Waals surface area contributed by atoms with Gasteiger partial charge in [-0.25, -0.2) is 0 Å². The molecule has 1 aliphatic heterocycles. The number of aromatic nitrogens is 4. The van der Waals surface area contributed by atoms with Gasteiger partial charge < -0.3 is 19.7 Å². The van der Waals surface area contributed by atoms with Crippen LogP contribution in [0.2, 0.25) is 0 Å². The molecule has 0 saturated carbocycles. The van der Waals surface area contributed by atoms with Gasteiger partial charge in [-0.1, -0.05) is 42.0 Å². The number of nitrogens with zero attached hydrogens (tertiary/aromatic N) is 4. The predicted molar refractivity (Wildman–Crippen MR) is 127 cm³/mol. The van der Waals surface area contributed by atoms with E-state index < -0.39 is 6.10 Å². The maximum absolute atomic E-state index is 12.7. The summed E-state index contributed by atoms with van der Waals surface area (Å²) in [6.45, 7) is 4.55. The molecule has 1 aliphatic rings. The average Bonchev–Trinajstić information content (AvgIpc) is 3.45. The van der Waals surface area contributed by atoms with Crippen molar-refractivity contribution in [3.8, 4) is 11.4 Å². The van der Waals surface area contributed by atoms with Crippen molar-refractivity contribution in [2.24, 2.45) is 0 Å². The minimum atomic E-state index is -0.518. The van der Waals surface area contributed by atoms with Gasteiger partial charge in [0.2, 0.25) is 11.7 Å². The number of fused-ring (bicyclic) bond motifs is 1. The van der Waals surface area contributed by atoms with Crippen molar-refractivity contribution in [1.82, 2.24) is 19.2 Å². The Hall–Kier alpha value is -3.82. The van der Waals surface area contributed by atoms with Crippen LogP contribution in [0.15, 0.2) is 59.4 Å². The fraction of sp³-hybridized carbons (Fsp3) is 0.280. The summed E-state index contributed by atoms with van der Waals surface area (Å²) in [5.41, 5.74) is 3.80. The van der Waals surface area contributed by atoms with Crippen LogP contribution >= 0.6 is 0 Å². The first-order valence-electron chi connectivity index (χ1n) is 11.1. The molecule has 4 aromatic rings. The van der Waals surface area contributed by atoms with E-state index in [1.165, 1.54) is 10.6 Å². The third-order valence-corrected chi connectivity index (χ3v) is 6.08. The number of hydrogen-bond donors (Lipinski definition) is 2. The number of carbonyl (C=O) groups is 1. The highest BCUT2D eigenvalue weighted by molar-refractivity contribution is 5.90. The number of rotatable bonds is 5. The van der Waals surface area contributed by atoms with E-state index in [0.717, 1.165) is 16.7 Å². The topological polar surface area (TPSA) is 111 Å². The van der Waals surface area contributed by atoms with Crippen molar-refractivity contribution >= 4 is 17.4 Å². The summed E-state index contributed by atoms with van der Waals surface area (Å²) >= 11 is 0. The maximum Gasteiger partial charge on any atom is 0.275 e. The van der Waals surface area contributed by atoms with Crippen molar-refractivity contribution in [1.29, 1.82) is 0 Å². The monoisotopic (exact) mass is 459 g/mol. The van der Waals surface area contributed by atoms with Crippen LogP contribution in [0.5, 0.6) is 0 Å². The number of aliphatic hydroxyl groups excluding tert-OH is 1. The Bertz CT molecular complexity index is 1410. The zero-order chi connectivity index (χ0) is 23.8. The summed E-state index contributed by atoms with van der Waals surface area (Å²) < 4.78 is 8.22. The van der Waals surface area contributed by atoms with Gasteiger partial charge in [0.05, 0.1) is 19.3 Å². The quantitative estimate of drug-likeness (QED) is 0.474. The van der Waals surface area contributed by atoms with E-state index in [2.05, 4.69) is 15.4 Å². The van der Waals surface area contributed by atoms with Gasteiger partial charge in [0.25, 0.3) is 5.56 Å². The lowest BCUT2D eigenvalue weighted by Crippen LogP contribution is -2.25. The molecule has 3 heterocycles. The summed E-state index contributed by atoms with van der Waals surface area (Å²) in [7, 11) is 0. The number of benzene rings is 2. The van der Waals surface area contributed by atoms with Gasteiger partial charge in [-0.15, -0.1) is 5.10 Å². The molecule has 0 spiro atoms. The van der Waals surface area contributed by atoms with Gasteiger partial charge in [0, 0.05) is 28.9 Å². The molecule has 2 unspecified atom stereocenters. The largest absolute Gasteiger partial charge is 0.390 e.